The van der Waals surface area contributed by atoms with Crippen LogP contribution in [0.3, 0.4) is 0 Å². The molecule has 25 heavy (non-hydrogen) atoms. The molecule has 0 saturated carbocycles. The van der Waals surface area contributed by atoms with Gasteiger partial charge in [-0.05, 0) is 59.6 Å². The first-order chi connectivity index (χ1) is 10.9. The first kappa shape index (κ1) is 26.4. The molecule has 2 rings (SSSR count). The van der Waals surface area contributed by atoms with E-state index in [1.807, 2.05) is 6.92 Å². The standard InChI is InChI=1S/C11H14N2O4S6.CH3.K/c1-3-5(4-6-8(14)12-9(6)15)23(22-21-20-19-18)7-10(16)13(2)11(7)17;;/h5-7H,3-4H2,1-2H3,(H,12,14,15);1H3;/q;-1;+1/p-1/t5-,23?;;/m1../s1. The Hall–Kier alpha value is 1.37. The molecule has 4 amide bonds. The molecule has 2 heterocycles. The number of carbonyl (C=O) groups is 4. The maximum atomic E-state index is 12.1. The molecule has 136 valence electrons. The van der Waals surface area contributed by atoms with Crippen molar-refractivity contribution in [3.8, 4) is 0 Å². The minimum Gasteiger partial charge on any atom is -0.595 e. The minimum absolute atomic E-state index is 0. The van der Waals surface area contributed by atoms with Gasteiger partial charge in [0.2, 0.25) is 0 Å². The number of hydrogen-bond acceptors (Lipinski definition) is 5. The molecule has 0 spiro atoms. The van der Waals surface area contributed by atoms with E-state index >= 15 is 0 Å². The zero-order chi connectivity index (χ0) is 17.1. The van der Waals surface area contributed by atoms with Gasteiger partial charge in [0.05, 0.1) is 11.8 Å². The van der Waals surface area contributed by atoms with Gasteiger partial charge in [-0.3, -0.25) is 14.5 Å². The van der Waals surface area contributed by atoms with Crippen molar-refractivity contribution in [2.75, 3.05) is 7.05 Å². The normalized spacial score (nSPS) is 19.4. The fraction of sp³-hybridized carbons (Fsp3) is 0.583. The Balaban J connectivity index is 0.00000288. The van der Waals surface area contributed by atoms with Crippen LogP contribution in [-0.4, -0.2) is 46.1 Å². The summed E-state index contributed by atoms with van der Waals surface area (Å²) in [5, 5.41) is 2.55. The van der Waals surface area contributed by atoms with Crippen molar-refractivity contribution in [2.24, 2.45) is 5.92 Å². The average molecular weight is 484 g/mol. The van der Waals surface area contributed by atoms with Gasteiger partial charge in [0.1, 0.15) is 0 Å². The molecule has 2 atom stereocenters. The molecule has 2 aliphatic heterocycles. The van der Waals surface area contributed by atoms with Crippen molar-refractivity contribution in [3.05, 3.63) is 12.7 Å². The number of likely N-dealkylation sites (tertiary alicyclic amines) is 1. The first-order valence-electron chi connectivity index (χ1n) is 6.55. The van der Waals surface area contributed by atoms with Gasteiger partial charge in [0.15, 0.2) is 5.25 Å². The van der Waals surface area contributed by atoms with Gasteiger partial charge >= 0.3 is 51.4 Å². The van der Waals surface area contributed by atoms with Crippen LogP contribution in [0.25, 0.3) is 5.32 Å². The van der Waals surface area contributed by atoms with E-state index < -0.39 is 32.4 Å². The largest absolute Gasteiger partial charge is 1.00 e. The Labute approximate surface area is 208 Å². The molecule has 0 bridgehead atoms. The van der Waals surface area contributed by atoms with Gasteiger partial charge in [0.25, 0.3) is 11.8 Å². The van der Waals surface area contributed by atoms with Gasteiger partial charge in [-0.2, -0.15) is 0 Å². The predicted octanol–water partition coefficient (Wildman–Crippen LogP) is -2.90. The third-order valence-corrected chi connectivity index (χ3v) is 15.8. The van der Waals surface area contributed by atoms with Crippen molar-refractivity contribution in [1.82, 2.24) is 4.90 Å². The third-order valence-electron chi connectivity index (χ3n) is 3.60. The van der Waals surface area contributed by atoms with Crippen LogP contribution in [0.4, 0.5) is 0 Å². The summed E-state index contributed by atoms with van der Waals surface area (Å²) in [5.74, 6) is -1.89. The predicted molar refractivity (Wildman–Crippen MR) is 108 cm³/mol. The molecule has 1 unspecified atom stereocenters. The number of carbonyl (C=O) groups excluding carboxylic acids is 4. The Morgan fingerprint density at radius 2 is 1.76 bits per heavy atom. The van der Waals surface area contributed by atoms with Crippen LogP contribution in [0.15, 0.2) is 0 Å². The Bertz CT molecular complexity index is 748. The maximum absolute atomic E-state index is 12.1. The average Bonchev–Trinajstić information content (AvgIpc) is 2.54. The number of imide groups is 2. The van der Waals surface area contributed by atoms with E-state index in [-0.39, 0.29) is 75.9 Å². The molecule has 2 fully saturated rings. The van der Waals surface area contributed by atoms with E-state index in [4.69, 9.17) is 11.2 Å². The van der Waals surface area contributed by atoms with E-state index in [9.17, 15) is 19.2 Å². The summed E-state index contributed by atoms with van der Waals surface area (Å²) in [5.41, 5.74) is 0. The van der Waals surface area contributed by atoms with Gasteiger partial charge < -0.3 is 22.3 Å². The molecule has 2 aliphatic rings. The van der Waals surface area contributed by atoms with Crippen molar-refractivity contribution in [1.29, 1.82) is 0 Å². The summed E-state index contributed by atoms with van der Waals surface area (Å²) in [6, 6.07) is 0. The second-order valence-electron chi connectivity index (χ2n) is 4.82. The van der Waals surface area contributed by atoms with Gasteiger partial charge in [0, 0.05) is 18.2 Å². The van der Waals surface area contributed by atoms with Crippen LogP contribution in [0, 0.1) is 13.3 Å². The summed E-state index contributed by atoms with van der Waals surface area (Å²) in [6.07, 6.45) is 1.03. The van der Waals surface area contributed by atoms with Crippen LogP contribution in [-0.2, 0) is 75.3 Å². The van der Waals surface area contributed by atoms with Crippen molar-refractivity contribution in [2.45, 2.75) is 30.3 Å². The first-order valence-corrected chi connectivity index (χ1v) is 14.2. The second kappa shape index (κ2) is 12.0. The van der Waals surface area contributed by atoms with E-state index in [0.717, 1.165) is 4.90 Å². The summed E-state index contributed by atoms with van der Waals surface area (Å²) < 4.78 is 0. The molecular formula is C12H16KN2O4S6-. The number of amides is 4. The Kier molecular flexibility index (Phi) is 12.7. The molecule has 2 saturated heterocycles. The number of β-lactam (4-membered cyclic amide) rings is 4. The molecule has 0 aromatic carbocycles. The quantitative estimate of drug-likeness (QED) is 0.181. The molecule has 13 heteroatoms. The molecule has 6 nitrogen and oxygen atoms in total. The number of hydrogen-bond donors (Lipinski definition) is 0. The number of nitrogens with zero attached hydrogens (tertiary/aromatic N) is 2. The minimum atomic E-state index is -0.704. The zero-order valence-electron chi connectivity index (χ0n) is 14.1. The van der Waals surface area contributed by atoms with Crippen LogP contribution in [0.2, 0.25) is 0 Å². The maximum Gasteiger partial charge on any atom is 1.00 e. The fourth-order valence-electron chi connectivity index (χ4n) is 2.23. The summed E-state index contributed by atoms with van der Waals surface area (Å²) >= 11 is 4.80. The smallest absolute Gasteiger partial charge is 0.595 e. The van der Waals surface area contributed by atoms with Crippen LogP contribution in [0.1, 0.15) is 19.8 Å². The summed E-state index contributed by atoms with van der Waals surface area (Å²) in [6.45, 7) is 1.94. The topological polar surface area (TPSA) is 85.6 Å². The van der Waals surface area contributed by atoms with Crippen molar-refractivity contribution in [3.63, 3.8) is 0 Å². The molecule has 0 radical (unpaired) electrons. The van der Waals surface area contributed by atoms with Crippen molar-refractivity contribution >= 4 is 79.8 Å². The molecule has 0 N–H and O–H groups in total. The van der Waals surface area contributed by atoms with E-state index in [1.165, 1.54) is 42.6 Å². The zero-order valence-corrected chi connectivity index (χ0v) is 22.1. The van der Waals surface area contributed by atoms with Gasteiger partial charge in [-0.25, -0.2) is 0 Å². The fourth-order valence-corrected chi connectivity index (χ4v) is 15.7. The van der Waals surface area contributed by atoms with Gasteiger partial charge in [-0.15, -0.1) is 0 Å². The van der Waals surface area contributed by atoms with E-state index in [2.05, 4.69) is 5.32 Å². The molecule has 0 aromatic rings. The summed E-state index contributed by atoms with van der Waals surface area (Å²) in [4.78, 5) is 48.2. The molecular weight excluding hydrogens is 468 g/mol. The van der Waals surface area contributed by atoms with Crippen LogP contribution < -0.4 is 51.4 Å². The Morgan fingerprint density at radius 1 is 1.20 bits per heavy atom. The second-order valence-corrected chi connectivity index (χ2v) is 14.8. The number of rotatable bonds is 5. The SMILES string of the molecule is CC[C@H](CC1C(=O)[N-]C1=O)S(=S=S=S=S=S)C1C(=O)N(C)C1=O.[CH3-].[K+]. The molecule has 0 aliphatic carbocycles. The van der Waals surface area contributed by atoms with Crippen LogP contribution >= 0.6 is 0 Å². The Morgan fingerprint density at radius 3 is 2.20 bits per heavy atom. The molecule has 0 aromatic heterocycles. The van der Waals surface area contributed by atoms with Crippen LogP contribution in [0.5, 0.6) is 0 Å². The summed E-state index contributed by atoms with van der Waals surface area (Å²) in [7, 11) is 6.30. The van der Waals surface area contributed by atoms with Crippen molar-refractivity contribution < 1.29 is 70.6 Å². The van der Waals surface area contributed by atoms with E-state index in [0.29, 0.717) is 12.8 Å². The monoisotopic (exact) mass is 483 g/mol. The third kappa shape index (κ3) is 5.92. The van der Waals surface area contributed by atoms with Gasteiger partial charge in [-0.1, -0.05) is 16.4 Å². The van der Waals surface area contributed by atoms with E-state index in [1.54, 1.807) is 0 Å².